The molecule has 0 saturated heterocycles. The fourth-order valence-electron chi connectivity index (χ4n) is 4.20. The van der Waals surface area contributed by atoms with Gasteiger partial charge in [-0.15, -0.1) is 0 Å². The van der Waals surface area contributed by atoms with Gasteiger partial charge in [0.2, 0.25) is 0 Å². The van der Waals surface area contributed by atoms with Gasteiger partial charge in [0.1, 0.15) is 0 Å². The molecular formula is C23H29N3. The van der Waals surface area contributed by atoms with Crippen LogP contribution in [0.15, 0.2) is 71.9 Å². The molecule has 1 aromatic carbocycles. The van der Waals surface area contributed by atoms with Crippen molar-refractivity contribution in [2.45, 2.75) is 57.7 Å². The van der Waals surface area contributed by atoms with E-state index in [9.17, 15) is 0 Å². The zero-order valence-electron chi connectivity index (χ0n) is 15.6. The van der Waals surface area contributed by atoms with Crippen molar-refractivity contribution in [1.82, 2.24) is 10.2 Å². The van der Waals surface area contributed by atoms with Crippen molar-refractivity contribution in [3.63, 3.8) is 0 Å². The summed E-state index contributed by atoms with van der Waals surface area (Å²) in [6, 6.07) is 11.4. The third-order valence-corrected chi connectivity index (χ3v) is 5.83. The number of nitrogens with one attached hydrogen (secondary N) is 1. The first-order chi connectivity index (χ1) is 12.7. The van der Waals surface area contributed by atoms with Gasteiger partial charge in [0, 0.05) is 17.7 Å². The molecule has 0 radical (unpaired) electrons. The summed E-state index contributed by atoms with van der Waals surface area (Å²) in [6.45, 7) is 3.01. The predicted molar refractivity (Wildman–Crippen MR) is 109 cm³/mol. The normalized spacial score (nSPS) is 28.4. The van der Waals surface area contributed by atoms with Crippen LogP contribution < -0.4 is 5.32 Å². The first kappa shape index (κ1) is 17.1. The summed E-state index contributed by atoms with van der Waals surface area (Å²) in [5, 5.41) is 3.79. The molecular weight excluding hydrogens is 318 g/mol. The zero-order valence-corrected chi connectivity index (χ0v) is 15.6. The molecule has 1 fully saturated rings. The molecule has 1 heterocycles. The summed E-state index contributed by atoms with van der Waals surface area (Å²) in [4.78, 5) is 7.35. The van der Waals surface area contributed by atoms with Gasteiger partial charge in [-0.3, -0.25) is 0 Å². The second kappa shape index (κ2) is 7.53. The smallest absolute Gasteiger partial charge is 0.199 e. The van der Waals surface area contributed by atoms with Crippen LogP contribution in [0, 0.1) is 5.41 Å². The van der Waals surface area contributed by atoms with E-state index < -0.39 is 0 Å². The third-order valence-electron chi connectivity index (χ3n) is 5.83. The standard InChI is InChI=1S/C23H29N3/c1-23-15-9-8-14-21(23)26(17-16-23)22(25-20-12-6-3-7-13-20)24-18-19-10-4-2-5-11-19/h2,4-5,8-11,14-17,20-21H,3,6-7,12-13,18H2,1H3,(H,24,25). The monoisotopic (exact) mass is 347 g/mol. The van der Waals surface area contributed by atoms with E-state index in [0.717, 1.165) is 5.96 Å². The van der Waals surface area contributed by atoms with Crippen molar-refractivity contribution < 1.29 is 0 Å². The Morgan fingerprint density at radius 2 is 1.92 bits per heavy atom. The SMILES string of the molecule is CC12C=CC=CC1N(C(=NCc1ccccc1)NC1CCCCC1)C=C2. The van der Waals surface area contributed by atoms with Crippen molar-refractivity contribution in [1.29, 1.82) is 0 Å². The van der Waals surface area contributed by atoms with Crippen molar-refractivity contribution in [3.05, 3.63) is 72.5 Å². The van der Waals surface area contributed by atoms with Crippen molar-refractivity contribution in [2.75, 3.05) is 0 Å². The fraction of sp³-hybridized carbons (Fsp3) is 0.435. The van der Waals surface area contributed by atoms with Crippen LogP contribution in [-0.4, -0.2) is 22.9 Å². The number of aliphatic imine (C=N–C) groups is 1. The Morgan fingerprint density at radius 3 is 2.73 bits per heavy atom. The van der Waals surface area contributed by atoms with Gasteiger partial charge in [-0.2, -0.15) is 0 Å². The molecule has 3 aliphatic rings. The maximum Gasteiger partial charge on any atom is 0.199 e. The van der Waals surface area contributed by atoms with Crippen LogP contribution >= 0.6 is 0 Å². The van der Waals surface area contributed by atoms with Crippen molar-refractivity contribution in [2.24, 2.45) is 10.4 Å². The highest BCUT2D eigenvalue weighted by Crippen LogP contribution is 2.38. The molecule has 0 aromatic heterocycles. The molecule has 2 atom stereocenters. The molecule has 1 aromatic rings. The molecule has 0 spiro atoms. The van der Waals surface area contributed by atoms with Crippen molar-refractivity contribution >= 4 is 5.96 Å². The van der Waals surface area contributed by atoms with Crippen molar-refractivity contribution in [3.8, 4) is 0 Å². The molecule has 1 saturated carbocycles. The molecule has 3 heteroatoms. The molecule has 3 nitrogen and oxygen atoms in total. The fourth-order valence-corrected chi connectivity index (χ4v) is 4.20. The highest BCUT2D eigenvalue weighted by molar-refractivity contribution is 5.83. The molecule has 2 unspecified atom stereocenters. The van der Waals surface area contributed by atoms with Crippen LogP contribution in [0.1, 0.15) is 44.6 Å². The van der Waals surface area contributed by atoms with Crippen LogP contribution in [0.5, 0.6) is 0 Å². The average molecular weight is 348 g/mol. The predicted octanol–water partition coefficient (Wildman–Crippen LogP) is 4.80. The lowest BCUT2D eigenvalue weighted by Gasteiger charge is -2.36. The molecule has 0 amide bonds. The Balaban J connectivity index is 1.57. The second-order valence-corrected chi connectivity index (χ2v) is 7.88. The molecule has 1 aliphatic heterocycles. The lowest BCUT2D eigenvalue weighted by molar-refractivity contribution is 0.337. The Bertz CT molecular complexity index is 725. The number of hydrogen-bond donors (Lipinski definition) is 1. The van der Waals surface area contributed by atoms with E-state index in [1.807, 2.05) is 0 Å². The highest BCUT2D eigenvalue weighted by atomic mass is 15.3. The quantitative estimate of drug-likeness (QED) is 0.628. The van der Waals surface area contributed by atoms with Gasteiger partial charge in [0.25, 0.3) is 0 Å². The van der Waals surface area contributed by atoms with Gasteiger partial charge in [-0.05, 0) is 18.4 Å². The van der Waals surface area contributed by atoms with E-state index in [-0.39, 0.29) is 5.41 Å². The van der Waals surface area contributed by atoms with Gasteiger partial charge < -0.3 is 10.2 Å². The summed E-state index contributed by atoms with van der Waals surface area (Å²) >= 11 is 0. The first-order valence-corrected chi connectivity index (χ1v) is 9.93. The number of nitrogens with zero attached hydrogens (tertiary/aromatic N) is 2. The Kier molecular flexibility index (Phi) is 4.96. The van der Waals surface area contributed by atoms with E-state index in [4.69, 9.17) is 4.99 Å². The summed E-state index contributed by atoms with van der Waals surface area (Å²) in [7, 11) is 0. The van der Waals surface area contributed by atoms with Gasteiger partial charge >= 0.3 is 0 Å². The summed E-state index contributed by atoms with van der Waals surface area (Å²) in [5.41, 5.74) is 1.30. The maximum absolute atomic E-state index is 5.01. The van der Waals surface area contributed by atoms with E-state index in [1.165, 1.54) is 37.7 Å². The average Bonchev–Trinajstić information content (AvgIpc) is 3.04. The van der Waals surface area contributed by atoms with Gasteiger partial charge in [0.15, 0.2) is 5.96 Å². The van der Waals surface area contributed by atoms with E-state index >= 15 is 0 Å². The Hall–Kier alpha value is -2.29. The maximum atomic E-state index is 5.01. The number of fused-ring (bicyclic) bond motifs is 1. The molecule has 26 heavy (non-hydrogen) atoms. The van der Waals surface area contributed by atoms with Gasteiger partial charge in [-0.25, -0.2) is 4.99 Å². The van der Waals surface area contributed by atoms with Crippen LogP contribution in [0.2, 0.25) is 0 Å². The number of allylic oxidation sites excluding steroid dienone is 2. The minimum absolute atomic E-state index is 0.0521. The summed E-state index contributed by atoms with van der Waals surface area (Å²) in [6.07, 6.45) is 19.9. The minimum atomic E-state index is 0.0521. The van der Waals surface area contributed by atoms with E-state index in [0.29, 0.717) is 18.6 Å². The molecule has 0 bridgehead atoms. The van der Waals surface area contributed by atoms with Crippen LogP contribution in [0.3, 0.4) is 0 Å². The second-order valence-electron chi connectivity index (χ2n) is 7.88. The molecule has 2 aliphatic carbocycles. The molecule has 1 N–H and O–H groups in total. The summed E-state index contributed by atoms with van der Waals surface area (Å²) in [5.74, 6) is 1.02. The number of guanidine groups is 1. The number of benzene rings is 1. The highest BCUT2D eigenvalue weighted by Gasteiger charge is 2.39. The number of rotatable bonds is 3. The van der Waals surface area contributed by atoms with Crippen LogP contribution in [-0.2, 0) is 6.54 Å². The lowest BCUT2D eigenvalue weighted by Crippen LogP contribution is -2.49. The molecule has 4 rings (SSSR count). The van der Waals surface area contributed by atoms with E-state index in [2.05, 4.69) is 84.1 Å². The Morgan fingerprint density at radius 1 is 1.12 bits per heavy atom. The van der Waals surface area contributed by atoms with Crippen LogP contribution in [0.4, 0.5) is 0 Å². The lowest BCUT2D eigenvalue weighted by atomic mass is 9.81. The summed E-state index contributed by atoms with van der Waals surface area (Å²) < 4.78 is 0. The Labute approximate surface area is 157 Å². The largest absolute Gasteiger partial charge is 0.353 e. The zero-order chi connectivity index (χ0) is 17.8. The van der Waals surface area contributed by atoms with Gasteiger partial charge in [0.05, 0.1) is 12.6 Å². The topological polar surface area (TPSA) is 27.6 Å². The molecule has 136 valence electrons. The number of hydrogen-bond acceptors (Lipinski definition) is 1. The minimum Gasteiger partial charge on any atom is -0.353 e. The van der Waals surface area contributed by atoms with E-state index in [1.54, 1.807) is 0 Å². The third kappa shape index (κ3) is 3.62. The van der Waals surface area contributed by atoms with Crippen LogP contribution in [0.25, 0.3) is 0 Å². The van der Waals surface area contributed by atoms with Gasteiger partial charge in [-0.1, -0.05) is 86.9 Å². The first-order valence-electron chi connectivity index (χ1n) is 9.93.